The Morgan fingerprint density at radius 3 is 2.68 bits per heavy atom. The average Bonchev–Trinajstić information content (AvgIpc) is 3.21. The van der Waals surface area contributed by atoms with Gasteiger partial charge in [0.25, 0.3) is 0 Å². The topological polar surface area (TPSA) is 80.9 Å². The van der Waals surface area contributed by atoms with E-state index in [1.165, 1.54) is 0 Å². The summed E-state index contributed by atoms with van der Waals surface area (Å²) in [4.78, 5) is 8.75. The maximum absolute atomic E-state index is 5.61. The molecule has 0 saturated heterocycles. The van der Waals surface area contributed by atoms with Crippen LogP contribution in [-0.4, -0.2) is 31.7 Å². The second kappa shape index (κ2) is 9.45. The molecule has 3 rings (SSSR count). The number of hydrogen-bond donors (Lipinski definition) is 2. The van der Waals surface area contributed by atoms with Crippen molar-refractivity contribution in [2.45, 2.75) is 13.5 Å². The Labute approximate surface area is 164 Å². The quantitative estimate of drug-likeness (QED) is 0.477. The molecule has 0 bridgehead atoms. The van der Waals surface area contributed by atoms with Crippen molar-refractivity contribution >= 4 is 11.6 Å². The van der Waals surface area contributed by atoms with Gasteiger partial charge < -0.3 is 24.5 Å². The Kier molecular flexibility index (Phi) is 6.51. The SMILES string of the molecule is CCOc1cc(NC(=NC)NCc2coc(-c3ccccc3)n2)ccc1OC. The van der Waals surface area contributed by atoms with Gasteiger partial charge in [0.15, 0.2) is 17.5 Å². The van der Waals surface area contributed by atoms with Crippen LogP contribution in [0.25, 0.3) is 11.5 Å². The molecular weight excluding hydrogens is 356 g/mol. The summed E-state index contributed by atoms with van der Waals surface area (Å²) in [7, 11) is 3.33. The van der Waals surface area contributed by atoms with Crippen molar-refractivity contribution in [3.63, 3.8) is 0 Å². The lowest BCUT2D eigenvalue weighted by molar-refractivity contribution is 0.311. The van der Waals surface area contributed by atoms with Crippen LogP contribution in [0.2, 0.25) is 0 Å². The standard InChI is InChI=1S/C21H24N4O3/c1-4-27-19-12-16(10-11-18(19)26-3)25-21(22-2)23-13-17-14-28-20(24-17)15-8-6-5-7-9-15/h5-12,14H,4,13H2,1-3H3,(H2,22,23,25). The Morgan fingerprint density at radius 2 is 1.96 bits per heavy atom. The molecule has 0 fully saturated rings. The minimum absolute atomic E-state index is 0.477. The number of anilines is 1. The molecule has 0 aliphatic heterocycles. The Balaban J connectivity index is 1.63. The van der Waals surface area contributed by atoms with Gasteiger partial charge in [0.05, 0.1) is 26.0 Å². The highest BCUT2D eigenvalue weighted by Crippen LogP contribution is 2.30. The van der Waals surface area contributed by atoms with Crippen LogP contribution in [0.5, 0.6) is 11.5 Å². The van der Waals surface area contributed by atoms with Crippen molar-refractivity contribution in [3.05, 3.63) is 60.5 Å². The highest BCUT2D eigenvalue weighted by molar-refractivity contribution is 5.93. The number of oxazole rings is 1. The molecule has 0 aliphatic rings. The highest BCUT2D eigenvalue weighted by Gasteiger charge is 2.09. The third kappa shape index (κ3) is 4.82. The third-order valence-electron chi connectivity index (χ3n) is 3.96. The van der Waals surface area contributed by atoms with E-state index in [0.717, 1.165) is 16.9 Å². The largest absolute Gasteiger partial charge is 0.493 e. The summed E-state index contributed by atoms with van der Waals surface area (Å²) in [5.41, 5.74) is 2.56. The van der Waals surface area contributed by atoms with Gasteiger partial charge in [0.2, 0.25) is 5.89 Å². The van der Waals surface area contributed by atoms with E-state index in [4.69, 9.17) is 13.9 Å². The first-order chi connectivity index (χ1) is 13.7. The fourth-order valence-electron chi connectivity index (χ4n) is 2.61. The lowest BCUT2D eigenvalue weighted by Gasteiger charge is -2.14. The molecule has 0 unspecified atom stereocenters. The first-order valence-corrected chi connectivity index (χ1v) is 9.01. The van der Waals surface area contributed by atoms with E-state index in [-0.39, 0.29) is 0 Å². The number of aromatic nitrogens is 1. The zero-order valence-electron chi connectivity index (χ0n) is 16.2. The minimum atomic E-state index is 0.477. The van der Waals surface area contributed by atoms with Crippen LogP contribution >= 0.6 is 0 Å². The maximum Gasteiger partial charge on any atom is 0.226 e. The molecule has 0 saturated carbocycles. The van der Waals surface area contributed by atoms with Crippen LogP contribution in [0, 0.1) is 0 Å². The van der Waals surface area contributed by atoms with Gasteiger partial charge in [-0.3, -0.25) is 4.99 Å². The molecule has 146 valence electrons. The van der Waals surface area contributed by atoms with E-state index in [9.17, 15) is 0 Å². The van der Waals surface area contributed by atoms with Crippen molar-refractivity contribution in [2.75, 3.05) is 26.1 Å². The van der Waals surface area contributed by atoms with Crippen LogP contribution < -0.4 is 20.1 Å². The van der Waals surface area contributed by atoms with Gasteiger partial charge in [-0.25, -0.2) is 4.98 Å². The number of benzene rings is 2. The summed E-state index contributed by atoms with van der Waals surface area (Å²) in [5.74, 6) is 2.56. The molecule has 7 nitrogen and oxygen atoms in total. The lowest BCUT2D eigenvalue weighted by atomic mass is 10.2. The fourth-order valence-corrected chi connectivity index (χ4v) is 2.61. The van der Waals surface area contributed by atoms with E-state index < -0.39 is 0 Å². The van der Waals surface area contributed by atoms with Crippen molar-refractivity contribution < 1.29 is 13.9 Å². The zero-order valence-corrected chi connectivity index (χ0v) is 16.2. The van der Waals surface area contributed by atoms with Crippen molar-refractivity contribution in [1.29, 1.82) is 0 Å². The predicted molar refractivity (Wildman–Crippen MR) is 110 cm³/mol. The maximum atomic E-state index is 5.61. The number of rotatable bonds is 7. The second-order valence-electron chi connectivity index (χ2n) is 5.86. The van der Waals surface area contributed by atoms with E-state index in [1.54, 1.807) is 20.4 Å². The van der Waals surface area contributed by atoms with Crippen LogP contribution in [0.4, 0.5) is 5.69 Å². The first-order valence-electron chi connectivity index (χ1n) is 9.01. The highest BCUT2D eigenvalue weighted by atomic mass is 16.5. The summed E-state index contributed by atoms with van der Waals surface area (Å²) in [6.07, 6.45) is 1.64. The molecule has 0 atom stereocenters. The van der Waals surface area contributed by atoms with Crippen molar-refractivity contribution in [2.24, 2.45) is 4.99 Å². The van der Waals surface area contributed by atoms with Gasteiger partial charge in [-0.05, 0) is 31.2 Å². The zero-order chi connectivity index (χ0) is 19.8. The summed E-state index contributed by atoms with van der Waals surface area (Å²) < 4.78 is 16.5. The monoisotopic (exact) mass is 380 g/mol. The Morgan fingerprint density at radius 1 is 1.14 bits per heavy atom. The van der Waals surface area contributed by atoms with Crippen molar-refractivity contribution in [1.82, 2.24) is 10.3 Å². The molecule has 1 heterocycles. The molecule has 0 radical (unpaired) electrons. The minimum Gasteiger partial charge on any atom is -0.493 e. The first kappa shape index (κ1) is 19.3. The number of ether oxygens (including phenoxy) is 2. The molecule has 2 aromatic carbocycles. The molecular formula is C21H24N4O3. The fraction of sp³-hybridized carbons (Fsp3) is 0.238. The summed E-state index contributed by atoms with van der Waals surface area (Å²) in [5, 5.41) is 6.46. The summed E-state index contributed by atoms with van der Waals surface area (Å²) >= 11 is 0. The van der Waals surface area contributed by atoms with Gasteiger partial charge in [0.1, 0.15) is 6.26 Å². The van der Waals surface area contributed by atoms with Crippen LogP contribution in [-0.2, 0) is 6.54 Å². The number of nitrogens with zero attached hydrogens (tertiary/aromatic N) is 2. The molecule has 0 amide bonds. The lowest BCUT2D eigenvalue weighted by Crippen LogP contribution is -2.30. The number of aliphatic imine (C=N–C) groups is 1. The number of methoxy groups -OCH3 is 1. The summed E-state index contributed by atoms with van der Waals surface area (Å²) in [6.45, 7) is 2.97. The number of hydrogen-bond acceptors (Lipinski definition) is 5. The molecule has 2 N–H and O–H groups in total. The van der Waals surface area contributed by atoms with Gasteiger partial charge >= 0.3 is 0 Å². The van der Waals surface area contributed by atoms with Crippen LogP contribution in [0.3, 0.4) is 0 Å². The Bertz CT molecular complexity index is 922. The molecule has 1 aromatic heterocycles. The van der Waals surface area contributed by atoms with E-state index in [2.05, 4.69) is 20.6 Å². The van der Waals surface area contributed by atoms with Gasteiger partial charge in [0, 0.05) is 24.4 Å². The van der Waals surface area contributed by atoms with E-state index in [0.29, 0.717) is 36.5 Å². The summed E-state index contributed by atoms with van der Waals surface area (Å²) in [6, 6.07) is 15.4. The predicted octanol–water partition coefficient (Wildman–Crippen LogP) is 3.94. The number of guanidine groups is 1. The Hall–Kier alpha value is -3.48. The average molecular weight is 380 g/mol. The third-order valence-corrected chi connectivity index (χ3v) is 3.96. The molecule has 28 heavy (non-hydrogen) atoms. The van der Waals surface area contributed by atoms with Crippen molar-refractivity contribution in [3.8, 4) is 23.0 Å². The van der Waals surface area contributed by atoms with Crippen LogP contribution in [0.1, 0.15) is 12.6 Å². The van der Waals surface area contributed by atoms with E-state index >= 15 is 0 Å². The molecule has 7 heteroatoms. The smallest absolute Gasteiger partial charge is 0.226 e. The number of nitrogens with one attached hydrogen (secondary N) is 2. The molecule has 0 aliphatic carbocycles. The van der Waals surface area contributed by atoms with E-state index in [1.807, 2.05) is 55.5 Å². The van der Waals surface area contributed by atoms with Gasteiger partial charge in [-0.2, -0.15) is 0 Å². The molecule has 3 aromatic rings. The molecule has 0 spiro atoms. The normalized spacial score (nSPS) is 11.2. The van der Waals surface area contributed by atoms with Gasteiger partial charge in [-0.15, -0.1) is 0 Å². The van der Waals surface area contributed by atoms with Crippen LogP contribution in [0.15, 0.2) is 64.2 Å². The van der Waals surface area contributed by atoms with Gasteiger partial charge in [-0.1, -0.05) is 18.2 Å². The second-order valence-corrected chi connectivity index (χ2v) is 5.86.